The van der Waals surface area contributed by atoms with Crippen LogP contribution in [0.3, 0.4) is 0 Å². The highest BCUT2D eigenvalue weighted by Gasteiger charge is 2.37. The summed E-state index contributed by atoms with van der Waals surface area (Å²) in [6.07, 6.45) is -3.66. The Hall–Kier alpha value is -2.65. The number of carbonyl (C=O) groups excluding carboxylic acids is 1. The fraction of sp³-hybridized carbons (Fsp3) is 0.200. The molecule has 0 saturated heterocycles. The van der Waals surface area contributed by atoms with Crippen molar-refractivity contribution < 1.29 is 23.1 Å². The number of pyridine rings is 1. The number of carbonyl (C=O) groups is 1. The summed E-state index contributed by atoms with van der Waals surface area (Å²) in [7, 11) is 1.21. The number of alkyl halides is 3. The van der Waals surface area contributed by atoms with Gasteiger partial charge in [-0.1, -0.05) is 0 Å². The van der Waals surface area contributed by atoms with Crippen LogP contribution in [0.4, 0.5) is 19.1 Å². The van der Waals surface area contributed by atoms with Crippen molar-refractivity contribution in [2.45, 2.75) is 6.18 Å². The van der Waals surface area contributed by atoms with Crippen molar-refractivity contribution in [2.75, 3.05) is 5.32 Å². The molecule has 10 heteroatoms. The van der Waals surface area contributed by atoms with Gasteiger partial charge < -0.3 is 5.11 Å². The molecule has 106 valence electrons. The number of hydrogen-bond acceptors (Lipinski definition) is 5. The summed E-state index contributed by atoms with van der Waals surface area (Å²) in [6, 6.07) is 2.44. The number of hydrogen-bond donors (Lipinski definition) is 2. The smallest absolute Gasteiger partial charge is 0.453 e. The van der Waals surface area contributed by atoms with Crippen molar-refractivity contribution in [3.05, 3.63) is 29.8 Å². The minimum Gasteiger partial charge on any atom is -0.506 e. The standard InChI is InChI=1S/C10H8F3N5O2/c1-18-9(16-8(17-18)10(11,12)13)15-7(20)6-3-2-5(19)4-14-6/h2-4,19H,1H3,(H,15,16,17,20). The lowest BCUT2D eigenvalue weighted by Crippen LogP contribution is -2.16. The SMILES string of the molecule is Cn1nc(C(F)(F)F)nc1NC(=O)c1ccc(O)cn1. The Labute approximate surface area is 110 Å². The van der Waals surface area contributed by atoms with Crippen molar-refractivity contribution in [1.82, 2.24) is 19.7 Å². The van der Waals surface area contributed by atoms with E-state index in [4.69, 9.17) is 5.11 Å². The van der Waals surface area contributed by atoms with Crippen LogP contribution in [0.2, 0.25) is 0 Å². The van der Waals surface area contributed by atoms with Crippen LogP contribution < -0.4 is 5.32 Å². The number of aryl methyl sites for hydroxylation is 1. The summed E-state index contributed by atoms with van der Waals surface area (Å²) in [6.45, 7) is 0. The number of nitrogens with one attached hydrogen (secondary N) is 1. The van der Waals surface area contributed by atoms with Crippen LogP contribution in [0.25, 0.3) is 0 Å². The van der Waals surface area contributed by atoms with Gasteiger partial charge in [0.15, 0.2) is 0 Å². The van der Waals surface area contributed by atoms with E-state index in [1.54, 1.807) is 0 Å². The molecule has 0 radical (unpaired) electrons. The minimum absolute atomic E-state index is 0.0839. The number of nitrogens with zero attached hydrogens (tertiary/aromatic N) is 4. The zero-order chi connectivity index (χ0) is 14.9. The molecule has 0 unspecified atom stereocenters. The van der Waals surface area contributed by atoms with Crippen LogP contribution >= 0.6 is 0 Å². The largest absolute Gasteiger partial charge is 0.506 e. The number of aromatic nitrogens is 4. The number of rotatable bonds is 2. The third-order valence-electron chi connectivity index (χ3n) is 2.22. The Morgan fingerprint density at radius 1 is 1.40 bits per heavy atom. The summed E-state index contributed by atoms with van der Waals surface area (Å²) >= 11 is 0. The maximum absolute atomic E-state index is 12.4. The predicted octanol–water partition coefficient (Wildman–Crippen LogP) is 1.19. The zero-order valence-electron chi connectivity index (χ0n) is 10.0. The first-order chi connectivity index (χ1) is 9.27. The molecule has 0 spiro atoms. The highest BCUT2D eigenvalue weighted by Crippen LogP contribution is 2.27. The monoisotopic (exact) mass is 287 g/mol. The number of aromatic hydroxyl groups is 1. The van der Waals surface area contributed by atoms with E-state index in [0.717, 1.165) is 10.9 Å². The van der Waals surface area contributed by atoms with Gasteiger partial charge in [-0.3, -0.25) is 10.1 Å². The number of amides is 1. The topological polar surface area (TPSA) is 92.9 Å². The third kappa shape index (κ3) is 2.84. The van der Waals surface area contributed by atoms with Gasteiger partial charge in [-0.05, 0) is 12.1 Å². The van der Waals surface area contributed by atoms with E-state index in [-0.39, 0.29) is 17.4 Å². The second-order valence-electron chi connectivity index (χ2n) is 3.74. The molecule has 0 bridgehead atoms. The van der Waals surface area contributed by atoms with Crippen LogP contribution in [-0.4, -0.2) is 30.8 Å². The average Bonchev–Trinajstić information content (AvgIpc) is 2.71. The van der Waals surface area contributed by atoms with Gasteiger partial charge in [0, 0.05) is 7.05 Å². The second-order valence-corrected chi connectivity index (χ2v) is 3.74. The number of anilines is 1. The van der Waals surface area contributed by atoms with Crippen molar-refractivity contribution in [2.24, 2.45) is 7.05 Å². The van der Waals surface area contributed by atoms with Crippen LogP contribution in [0.15, 0.2) is 18.3 Å². The summed E-state index contributed by atoms with van der Waals surface area (Å²) in [5, 5.41) is 14.3. The minimum atomic E-state index is -4.70. The fourth-order valence-electron chi connectivity index (χ4n) is 1.30. The van der Waals surface area contributed by atoms with E-state index < -0.39 is 17.9 Å². The van der Waals surface area contributed by atoms with Crippen LogP contribution in [0.5, 0.6) is 5.75 Å². The maximum atomic E-state index is 12.4. The molecule has 0 atom stereocenters. The highest BCUT2D eigenvalue weighted by atomic mass is 19.4. The van der Waals surface area contributed by atoms with E-state index in [9.17, 15) is 18.0 Å². The Bertz CT molecular complexity index is 635. The molecule has 2 aromatic heterocycles. The maximum Gasteiger partial charge on any atom is 0.453 e. The second kappa shape index (κ2) is 4.79. The van der Waals surface area contributed by atoms with Gasteiger partial charge in [-0.25, -0.2) is 9.67 Å². The molecule has 0 fully saturated rings. The van der Waals surface area contributed by atoms with E-state index in [1.807, 2.05) is 0 Å². The van der Waals surface area contributed by atoms with E-state index in [1.165, 1.54) is 19.2 Å². The first-order valence-electron chi connectivity index (χ1n) is 5.22. The predicted molar refractivity (Wildman–Crippen MR) is 59.9 cm³/mol. The molecule has 0 aromatic carbocycles. The van der Waals surface area contributed by atoms with E-state index in [0.29, 0.717) is 0 Å². The average molecular weight is 287 g/mol. The summed E-state index contributed by atoms with van der Waals surface area (Å²) in [5.41, 5.74) is -0.0839. The molecule has 2 rings (SSSR count). The van der Waals surface area contributed by atoms with Gasteiger partial charge in [0.2, 0.25) is 5.95 Å². The molecule has 0 saturated carbocycles. The first kappa shape index (κ1) is 13.8. The molecule has 1 amide bonds. The lowest BCUT2D eigenvalue weighted by molar-refractivity contribution is -0.144. The van der Waals surface area contributed by atoms with Crippen LogP contribution in [0.1, 0.15) is 16.3 Å². The summed E-state index contributed by atoms with van der Waals surface area (Å²) < 4.78 is 38.0. The fourth-order valence-corrected chi connectivity index (χ4v) is 1.30. The van der Waals surface area contributed by atoms with Gasteiger partial charge in [-0.2, -0.15) is 18.2 Å². The molecule has 0 aliphatic carbocycles. The molecule has 0 aliphatic rings. The third-order valence-corrected chi connectivity index (χ3v) is 2.22. The van der Waals surface area contributed by atoms with Gasteiger partial charge in [0.25, 0.3) is 11.7 Å². The number of halogens is 3. The summed E-state index contributed by atoms with van der Waals surface area (Å²) in [5.74, 6) is -2.63. The molecule has 2 N–H and O–H groups in total. The first-order valence-corrected chi connectivity index (χ1v) is 5.22. The highest BCUT2D eigenvalue weighted by molar-refractivity contribution is 6.01. The van der Waals surface area contributed by atoms with Crippen molar-refractivity contribution >= 4 is 11.9 Å². The van der Waals surface area contributed by atoms with Gasteiger partial charge >= 0.3 is 6.18 Å². The van der Waals surface area contributed by atoms with Crippen molar-refractivity contribution in [3.8, 4) is 5.75 Å². The Morgan fingerprint density at radius 2 is 2.10 bits per heavy atom. The molecular weight excluding hydrogens is 279 g/mol. The van der Waals surface area contributed by atoms with Gasteiger partial charge in [-0.15, -0.1) is 5.10 Å². The van der Waals surface area contributed by atoms with Crippen LogP contribution in [0, 0.1) is 0 Å². The van der Waals surface area contributed by atoms with E-state index in [2.05, 4.69) is 20.4 Å². The Morgan fingerprint density at radius 3 is 2.60 bits per heavy atom. The lowest BCUT2D eigenvalue weighted by Gasteiger charge is -2.02. The molecular formula is C10H8F3N5O2. The molecule has 0 aliphatic heterocycles. The zero-order valence-corrected chi connectivity index (χ0v) is 10.0. The normalized spacial score (nSPS) is 11.4. The lowest BCUT2D eigenvalue weighted by atomic mass is 10.3. The molecule has 20 heavy (non-hydrogen) atoms. The quantitative estimate of drug-likeness (QED) is 0.865. The van der Waals surface area contributed by atoms with Gasteiger partial charge in [0.05, 0.1) is 6.20 Å². The van der Waals surface area contributed by atoms with Crippen molar-refractivity contribution in [1.29, 1.82) is 0 Å². The molecule has 7 nitrogen and oxygen atoms in total. The van der Waals surface area contributed by atoms with E-state index >= 15 is 0 Å². The Kier molecular flexibility index (Phi) is 3.30. The molecule has 2 heterocycles. The Balaban J connectivity index is 2.20. The van der Waals surface area contributed by atoms with Gasteiger partial charge in [0.1, 0.15) is 11.4 Å². The summed E-state index contributed by atoms with van der Waals surface area (Å²) in [4.78, 5) is 18.5. The van der Waals surface area contributed by atoms with Crippen LogP contribution in [-0.2, 0) is 13.2 Å². The molecule has 2 aromatic rings. The van der Waals surface area contributed by atoms with Crippen molar-refractivity contribution in [3.63, 3.8) is 0 Å².